The predicted molar refractivity (Wildman–Crippen MR) is 77.4 cm³/mol. The summed E-state index contributed by atoms with van der Waals surface area (Å²) in [6.07, 6.45) is 0.951. The Morgan fingerprint density at radius 3 is 2.45 bits per heavy atom. The summed E-state index contributed by atoms with van der Waals surface area (Å²) in [6.45, 7) is 4.29. The van der Waals surface area contributed by atoms with E-state index < -0.39 is 17.7 Å². The third-order valence-electron chi connectivity index (χ3n) is 3.25. The fraction of sp³-hybridized carbons (Fsp3) is 0.294. The Morgan fingerprint density at radius 2 is 1.80 bits per heavy atom. The average molecular weight is 275 g/mol. The molecular weight excluding hydrogens is 256 g/mol. The van der Waals surface area contributed by atoms with Crippen LogP contribution in [0.4, 0.5) is 8.78 Å². The lowest BCUT2D eigenvalue weighted by molar-refractivity contribution is 0.565. The molecular formula is C17H19F2N. The molecule has 2 rings (SSSR count). The molecule has 0 aromatic heterocycles. The summed E-state index contributed by atoms with van der Waals surface area (Å²) < 4.78 is 26.7. The van der Waals surface area contributed by atoms with E-state index >= 15 is 0 Å². The second kappa shape index (κ2) is 6.14. The Balaban J connectivity index is 2.30. The fourth-order valence-corrected chi connectivity index (χ4v) is 2.32. The van der Waals surface area contributed by atoms with E-state index in [1.54, 1.807) is 0 Å². The van der Waals surface area contributed by atoms with Gasteiger partial charge in [-0.2, -0.15) is 0 Å². The smallest absolute Gasteiger partial charge is 0.131 e. The second-order valence-corrected chi connectivity index (χ2v) is 5.49. The first-order chi connectivity index (χ1) is 9.47. The highest BCUT2D eigenvalue weighted by molar-refractivity contribution is 5.34. The summed E-state index contributed by atoms with van der Waals surface area (Å²) >= 11 is 0. The Kier molecular flexibility index (Phi) is 4.50. The zero-order chi connectivity index (χ0) is 14.7. The van der Waals surface area contributed by atoms with Crippen LogP contribution in [-0.4, -0.2) is 0 Å². The normalized spacial score (nSPS) is 12.7. The molecule has 106 valence electrons. The van der Waals surface area contributed by atoms with Gasteiger partial charge in [0.1, 0.15) is 11.6 Å². The van der Waals surface area contributed by atoms with Crippen molar-refractivity contribution < 1.29 is 8.78 Å². The lowest BCUT2D eigenvalue weighted by Crippen LogP contribution is -2.14. The van der Waals surface area contributed by atoms with Crippen LogP contribution in [-0.2, 0) is 6.42 Å². The van der Waals surface area contributed by atoms with E-state index in [1.165, 1.54) is 17.7 Å². The molecule has 0 aliphatic rings. The maximum absolute atomic E-state index is 13.8. The zero-order valence-corrected chi connectivity index (χ0v) is 11.7. The highest BCUT2D eigenvalue weighted by atomic mass is 19.1. The molecule has 0 heterocycles. The van der Waals surface area contributed by atoms with Gasteiger partial charge in [-0.05, 0) is 29.5 Å². The van der Waals surface area contributed by atoms with E-state index in [0.29, 0.717) is 11.5 Å². The van der Waals surface area contributed by atoms with Crippen molar-refractivity contribution in [3.63, 3.8) is 0 Å². The Hall–Kier alpha value is -1.74. The van der Waals surface area contributed by atoms with Crippen LogP contribution in [0.25, 0.3) is 0 Å². The van der Waals surface area contributed by atoms with Crippen molar-refractivity contribution in [1.82, 2.24) is 0 Å². The minimum atomic E-state index is -0.605. The van der Waals surface area contributed by atoms with Gasteiger partial charge in [-0.3, -0.25) is 0 Å². The quantitative estimate of drug-likeness (QED) is 0.888. The third kappa shape index (κ3) is 3.42. The molecule has 2 aromatic carbocycles. The molecule has 0 fully saturated rings. The topological polar surface area (TPSA) is 26.0 Å². The van der Waals surface area contributed by atoms with Crippen LogP contribution in [0.15, 0.2) is 42.5 Å². The van der Waals surface area contributed by atoms with Gasteiger partial charge in [-0.1, -0.05) is 44.2 Å². The van der Waals surface area contributed by atoms with Crippen LogP contribution in [0.5, 0.6) is 0 Å². The SMILES string of the molecule is CC(C)Cc1cccc(C(N)c2ccc(F)cc2F)c1. The van der Waals surface area contributed by atoms with Gasteiger partial charge in [0.25, 0.3) is 0 Å². The van der Waals surface area contributed by atoms with E-state index in [2.05, 4.69) is 13.8 Å². The van der Waals surface area contributed by atoms with Gasteiger partial charge in [0, 0.05) is 11.6 Å². The molecule has 0 amide bonds. The zero-order valence-electron chi connectivity index (χ0n) is 11.7. The lowest BCUT2D eigenvalue weighted by Gasteiger charge is -2.15. The van der Waals surface area contributed by atoms with Crippen LogP contribution in [0, 0.1) is 17.6 Å². The summed E-state index contributed by atoms with van der Waals surface area (Å²) in [5.41, 5.74) is 8.44. The van der Waals surface area contributed by atoms with Crippen molar-refractivity contribution in [2.75, 3.05) is 0 Å². The van der Waals surface area contributed by atoms with Crippen LogP contribution in [0.1, 0.15) is 36.6 Å². The lowest BCUT2D eigenvalue weighted by atomic mass is 9.95. The van der Waals surface area contributed by atoms with Crippen LogP contribution in [0.2, 0.25) is 0 Å². The molecule has 3 heteroatoms. The highest BCUT2D eigenvalue weighted by Gasteiger charge is 2.14. The molecule has 1 atom stereocenters. The molecule has 0 saturated carbocycles. The average Bonchev–Trinajstić information content (AvgIpc) is 2.37. The molecule has 0 aliphatic heterocycles. The maximum atomic E-state index is 13.8. The molecule has 0 saturated heterocycles. The van der Waals surface area contributed by atoms with Crippen LogP contribution < -0.4 is 5.73 Å². The van der Waals surface area contributed by atoms with Gasteiger partial charge in [-0.25, -0.2) is 8.78 Å². The number of nitrogens with two attached hydrogens (primary N) is 1. The number of hydrogen-bond donors (Lipinski definition) is 1. The minimum Gasteiger partial charge on any atom is -0.320 e. The van der Waals surface area contributed by atoms with E-state index in [0.717, 1.165) is 18.1 Å². The number of rotatable bonds is 4. The molecule has 1 unspecified atom stereocenters. The third-order valence-corrected chi connectivity index (χ3v) is 3.25. The Labute approximate surface area is 118 Å². The molecule has 0 spiro atoms. The largest absolute Gasteiger partial charge is 0.320 e. The van der Waals surface area contributed by atoms with Crippen molar-refractivity contribution in [2.24, 2.45) is 11.7 Å². The van der Waals surface area contributed by atoms with Crippen molar-refractivity contribution in [3.05, 3.63) is 70.8 Å². The molecule has 1 nitrogen and oxygen atoms in total. The molecule has 2 aromatic rings. The van der Waals surface area contributed by atoms with Gasteiger partial charge in [0.15, 0.2) is 0 Å². The predicted octanol–water partition coefficient (Wildman–Crippen LogP) is 4.21. The second-order valence-electron chi connectivity index (χ2n) is 5.49. The minimum absolute atomic E-state index is 0.313. The summed E-state index contributed by atoms with van der Waals surface area (Å²) in [5, 5.41) is 0. The van der Waals surface area contributed by atoms with Gasteiger partial charge >= 0.3 is 0 Å². The van der Waals surface area contributed by atoms with Crippen LogP contribution in [0.3, 0.4) is 0 Å². The summed E-state index contributed by atoms with van der Waals surface area (Å²) in [4.78, 5) is 0. The maximum Gasteiger partial charge on any atom is 0.131 e. The van der Waals surface area contributed by atoms with E-state index in [1.807, 2.05) is 24.3 Å². The number of hydrogen-bond acceptors (Lipinski definition) is 1. The molecule has 0 aliphatic carbocycles. The van der Waals surface area contributed by atoms with E-state index in [-0.39, 0.29) is 0 Å². The first-order valence-corrected chi connectivity index (χ1v) is 6.76. The molecule has 0 bridgehead atoms. The summed E-state index contributed by atoms with van der Waals surface area (Å²) in [6, 6.07) is 10.8. The standard InChI is InChI=1S/C17H19F2N/c1-11(2)8-12-4-3-5-13(9-12)17(20)15-7-6-14(18)10-16(15)19/h3-7,9-11,17H,8,20H2,1-2H3. The summed E-state index contributed by atoms with van der Waals surface area (Å²) in [5.74, 6) is -0.650. The molecule has 0 radical (unpaired) electrons. The summed E-state index contributed by atoms with van der Waals surface area (Å²) in [7, 11) is 0. The van der Waals surface area contributed by atoms with Crippen molar-refractivity contribution >= 4 is 0 Å². The highest BCUT2D eigenvalue weighted by Crippen LogP contribution is 2.24. The van der Waals surface area contributed by atoms with Gasteiger partial charge in [0.05, 0.1) is 6.04 Å². The Bertz CT molecular complexity index is 593. The first kappa shape index (κ1) is 14.7. The number of halogens is 2. The Morgan fingerprint density at radius 1 is 1.05 bits per heavy atom. The molecule has 2 N–H and O–H groups in total. The number of benzene rings is 2. The van der Waals surface area contributed by atoms with Crippen LogP contribution >= 0.6 is 0 Å². The van der Waals surface area contributed by atoms with E-state index in [9.17, 15) is 8.78 Å². The van der Waals surface area contributed by atoms with E-state index in [4.69, 9.17) is 5.73 Å². The molecule has 20 heavy (non-hydrogen) atoms. The van der Waals surface area contributed by atoms with Gasteiger partial charge < -0.3 is 5.73 Å². The monoisotopic (exact) mass is 275 g/mol. The first-order valence-electron chi connectivity index (χ1n) is 6.76. The van der Waals surface area contributed by atoms with Gasteiger partial charge in [-0.15, -0.1) is 0 Å². The van der Waals surface area contributed by atoms with Crippen molar-refractivity contribution in [3.8, 4) is 0 Å². The van der Waals surface area contributed by atoms with Crippen molar-refractivity contribution in [2.45, 2.75) is 26.3 Å². The fourth-order valence-electron chi connectivity index (χ4n) is 2.32. The van der Waals surface area contributed by atoms with Gasteiger partial charge in [0.2, 0.25) is 0 Å². The van der Waals surface area contributed by atoms with Crippen molar-refractivity contribution in [1.29, 1.82) is 0 Å².